The fourth-order valence-corrected chi connectivity index (χ4v) is 2.82. The number of hydrogen-bond acceptors (Lipinski definition) is 3. The maximum atomic E-state index is 12.1. The molecule has 1 N–H and O–H groups in total. The first kappa shape index (κ1) is 18.6. The van der Waals surface area contributed by atoms with Crippen molar-refractivity contribution >= 4 is 17.3 Å². The SMILES string of the molecule is C[C@@H]1CN(c2ccc(NC(=O)CCCC(F)(F)F)cc2)C[C@H](C)O1. The largest absolute Gasteiger partial charge is 0.389 e. The third-order valence-corrected chi connectivity index (χ3v) is 3.80. The first-order valence-corrected chi connectivity index (χ1v) is 8.10. The molecule has 0 saturated carbocycles. The Hall–Kier alpha value is -1.76. The predicted octanol–water partition coefficient (Wildman–Crippen LogP) is 3.97. The molecule has 1 aromatic carbocycles. The molecule has 1 aliphatic heterocycles. The van der Waals surface area contributed by atoms with Gasteiger partial charge in [0.2, 0.25) is 5.91 Å². The van der Waals surface area contributed by atoms with Crippen LogP contribution in [0.4, 0.5) is 24.5 Å². The molecule has 1 heterocycles. The molecule has 0 bridgehead atoms. The zero-order chi connectivity index (χ0) is 17.7. The van der Waals surface area contributed by atoms with Crippen molar-refractivity contribution in [2.24, 2.45) is 0 Å². The predicted molar refractivity (Wildman–Crippen MR) is 87.2 cm³/mol. The van der Waals surface area contributed by atoms with Crippen LogP contribution in [0.2, 0.25) is 0 Å². The van der Waals surface area contributed by atoms with Gasteiger partial charge in [-0.25, -0.2) is 0 Å². The van der Waals surface area contributed by atoms with Gasteiger partial charge in [0.1, 0.15) is 0 Å². The normalized spacial score (nSPS) is 21.6. The molecular weight excluding hydrogens is 321 g/mol. The van der Waals surface area contributed by atoms with Crippen molar-refractivity contribution in [2.45, 2.75) is 51.5 Å². The van der Waals surface area contributed by atoms with E-state index in [1.54, 1.807) is 12.1 Å². The van der Waals surface area contributed by atoms with Crippen molar-refractivity contribution in [2.75, 3.05) is 23.3 Å². The average Bonchev–Trinajstić information content (AvgIpc) is 2.45. The summed E-state index contributed by atoms with van der Waals surface area (Å²) >= 11 is 0. The molecule has 0 unspecified atom stereocenters. The summed E-state index contributed by atoms with van der Waals surface area (Å²) in [6.45, 7) is 5.65. The van der Waals surface area contributed by atoms with Crippen LogP contribution in [0.1, 0.15) is 33.1 Å². The molecule has 0 radical (unpaired) electrons. The monoisotopic (exact) mass is 344 g/mol. The fourth-order valence-electron chi connectivity index (χ4n) is 2.82. The number of benzene rings is 1. The van der Waals surface area contributed by atoms with Crippen molar-refractivity contribution in [3.63, 3.8) is 0 Å². The molecule has 1 aromatic rings. The summed E-state index contributed by atoms with van der Waals surface area (Å²) in [6, 6.07) is 7.33. The van der Waals surface area contributed by atoms with E-state index in [0.29, 0.717) is 5.69 Å². The van der Waals surface area contributed by atoms with E-state index >= 15 is 0 Å². The molecule has 0 aromatic heterocycles. The highest BCUT2D eigenvalue weighted by molar-refractivity contribution is 5.90. The van der Waals surface area contributed by atoms with Gasteiger partial charge in [0, 0.05) is 37.3 Å². The molecular formula is C17H23F3N2O2. The zero-order valence-corrected chi connectivity index (χ0v) is 13.9. The lowest BCUT2D eigenvalue weighted by atomic mass is 10.2. The molecule has 1 amide bonds. The lowest BCUT2D eigenvalue weighted by Crippen LogP contribution is -2.45. The third-order valence-electron chi connectivity index (χ3n) is 3.80. The minimum atomic E-state index is -4.21. The van der Waals surface area contributed by atoms with Crippen LogP contribution >= 0.6 is 0 Å². The van der Waals surface area contributed by atoms with Gasteiger partial charge in [0.05, 0.1) is 12.2 Å². The second kappa shape index (κ2) is 7.88. The quantitative estimate of drug-likeness (QED) is 0.879. The fraction of sp³-hybridized carbons (Fsp3) is 0.588. The van der Waals surface area contributed by atoms with Crippen molar-refractivity contribution < 1.29 is 22.7 Å². The number of carbonyl (C=O) groups excluding carboxylic acids is 1. The third kappa shape index (κ3) is 6.03. The standard InChI is InChI=1S/C17H23F3N2O2/c1-12-10-22(11-13(2)24-12)15-7-5-14(6-8-15)21-16(23)4-3-9-17(18,19)20/h5-8,12-13H,3-4,9-11H2,1-2H3,(H,21,23)/t12-,13+. The number of alkyl halides is 3. The number of nitrogens with zero attached hydrogens (tertiary/aromatic N) is 1. The Morgan fingerprint density at radius 3 is 2.33 bits per heavy atom. The van der Waals surface area contributed by atoms with Crippen molar-refractivity contribution in [3.8, 4) is 0 Å². The minimum absolute atomic E-state index is 0.139. The molecule has 0 spiro atoms. The number of anilines is 2. The van der Waals surface area contributed by atoms with E-state index in [1.807, 2.05) is 26.0 Å². The number of ether oxygens (including phenoxy) is 1. The van der Waals surface area contributed by atoms with Crippen molar-refractivity contribution in [3.05, 3.63) is 24.3 Å². The van der Waals surface area contributed by atoms with E-state index in [-0.39, 0.29) is 25.0 Å². The van der Waals surface area contributed by atoms with Crippen LogP contribution < -0.4 is 10.2 Å². The lowest BCUT2D eigenvalue weighted by molar-refractivity contribution is -0.136. The number of halogens is 3. The van der Waals surface area contributed by atoms with Gasteiger partial charge in [-0.15, -0.1) is 0 Å². The maximum absolute atomic E-state index is 12.1. The zero-order valence-electron chi connectivity index (χ0n) is 13.9. The van der Waals surface area contributed by atoms with Gasteiger partial charge >= 0.3 is 6.18 Å². The Bertz CT molecular complexity index is 536. The average molecular weight is 344 g/mol. The van der Waals surface area contributed by atoms with Crippen molar-refractivity contribution in [1.29, 1.82) is 0 Å². The van der Waals surface area contributed by atoms with Crippen LogP contribution in [0.5, 0.6) is 0 Å². The second-order valence-corrected chi connectivity index (χ2v) is 6.23. The van der Waals surface area contributed by atoms with Crippen molar-refractivity contribution in [1.82, 2.24) is 0 Å². The van der Waals surface area contributed by atoms with E-state index in [1.165, 1.54) is 0 Å². The summed E-state index contributed by atoms with van der Waals surface area (Å²) in [6.07, 6.45) is -5.18. The van der Waals surface area contributed by atoms with E-state index in [2.05, 4.69) is 10.2 Å². The summed E-state index contributed by atoms with van der Waals surface area (Å²) in [7, 11) is 0. The Balaban J connectivity index is 1.84. The Morgan fingerprint density at radius 2 is 1.79 bits per heavy atom. The summed E-state index contributed by atoms with van der Waals surface area (Å²) < 4.78 is 41.9. The molecule has 7 heteroatoms. The van der Waals surface area contributed by atoms with E-state index in [9.17, 15) is 18.0 Å². The number of morpholine rings is 1. The topological polar surface area (TPSA) is 41.6 Å². The van der Waals surface area contributed by atoms with Crippen LogP contribution in [-0.2, 0) is 9.53 Å². The van der Waals surface area contributed by atoms with E-state index < -0.39 is 18.5 Å². The number of hydrogen-bond donors (Lipinski definition) is 1. The maximum Gasteiger partial charge on any atom is 0.389 e. The van der Waals surface area contributed by atoms with Gasteiger partial charge in [-0.2, -0.15) is 13.2 Å². The number of carbonyl (C=O) groups is 1. The number of nitrogens with one attached hydrogen (secondary N) is 1. The first-order valence-electron chi connectivity index (χ1n) is 8.10. The van der Waals surface area contributed by atoms with Gasteiger partial charge < -0.3 is 15.0 Å². The van der Waals surface area contributed by atoms with Gasteiger partial charge in [-0.3, -0.25) is 4.79 Å². The van der Waals surface area contributed by atoms with E-state index in [4.69, 9.17) is 4.74 Å². The van der Waals surface area contributed by atoms with Gasteiger partial charge in [0.25, 0.3) is 0 Å². The molecule has 1 aliphatic rings. The highest BCUT2D eigenvalue weighted by atomic mass is 19.4. The smallest absolute Gasteiger partial charge is 0.372 e. The highest BCUT2D eigenvalue weighted by Crippen LogP contribution is 2.24. The summed E-state index contributed by atoms with van der Waals surface area (Å²) in [5, 5.41) is 2.63. The first-order chi connectivity index (χ1) is 11.2. The minimum Gasteiger partial charge on any atom is -0.372 e. The molecule has 2 rings (SSSR count). The Morgan fingerprint density at radius 1 is 1.21 bits per heavy atom. The molecule has 1 saturated heterocycles. The van der Waals surface area contributed by atoms with Crippen LogP contribution in [0.15, 0.2) is 24.3 Å². The summed E-state index contributed by atoms with van der Waals surface area (Å²) in [5.74, 6) is -0.402. The van der Waals surface area contributed by atoms with Gasteiger partial charge in [0.15, 0.2) is 0 Å². The van der Waals surface area contributed by atoms with Crippen LogP contribution in [0.25, 0.3) is 0 Å². The molecule has 1 fully saturated rings. The second-order valence-electron chi connectivity index (χ2n) is 6.23. The Labute approximate surface area is 140 Å². The number of amides is 1. The molecule has 2 atom stereocenters. The molecule has 134 valence electrons. The molecule has 4 nitrogen and oxygen atoms in total. The number of rotatable bonds is 5. The van der Waals surface area contributed by atoms with Gasteiger partial charge in [-0.05, 0) is 44.5 Å². The summed E-state index contributed by atoms with van der Waals surface area (Å²) in [4.78, 5) is 13.9. The van der Waals surface area contributed by atoms with Gasteiger partial charge in [-0.1, -0.05) is 0 Å². The van der Waals surface area contributed by atoms with E-state index in [0.717, 1.165) is 18.8 Å². The van der Waals surface area contributed by atoms with Crippen LogP contribution in [-0.4, -0.2) is 37.4 Å². The Kier molecular flexibility index (Phi) is 6.10. The highest BCUT2D eigenvalue weighted by Gasteiger charge is 2.26. The van der Waals surface area contributed by atoms with Crippen LogP contribution in [0, 0.1) is 0 Å². The molecule has 0 aliphatic carbocycles. The summed E-state index contributed by atoms with van der Waals surface area (Å²) in [5.41, 5.74) is 1.62. The lowest BCUT2D eigenvalue weighted by Gasteiger charge is -2.36. The molecule has 24 heavy (non-hydrogen) atoms. The van der Waals surface area contributed by atoms with Crippen LogP contribution in [0.3, 0.4) is 0 Å².